The monoisotopic (exact) mass is 567 g/mol. The molecule has 0 radical (unpaired) electrons. The van der Waals surface area contributed by atoms with Crippen LogP contribution in [-0.2, 0) is 10.8 Å². The van der Waals surface area contributed by atoms with E-state index in [1.807, 2.05) is 0 Å². The van der Waals surface area contributed by atoms with Gasteiger partial charge in [-0.25, -0.2) is 0 Å². The molecule has 212 valence electrons. The number of para-hydroxylation sites is 1. The van der Waals surface area contributed by atoms with Crippen molar-refractivity contribution in [2.45, 2.75) is 38.5 Å². The topological polar surface area (TPSA) is 16.4 Å². The van der Waals surface area contributed by atoms with Crippen molar-refractivity contribution in [1.29, 1.82) is 0 Å². The van der Waals surface area contributed by atoms with Crippen LogP contribution in [0.25, 0.3) is 44.2 Å². The summed E-state index contributed by atoms with van der Waals surface area (Å²) in [4.78, 5) is 2.38. The average molecular weight is 568 g/mol. The minimum absolute atomic E-state index is 0.0633. The molecule has 0 saturated carbocycles. The van der Waals surface area contributed by atoms with Gasteiger partial charge >= 0.3 is 0 Å². The lowest BCUT2D eigenvalue weighted by Crippen LogP contribution is -2.16. The van der Waals surface area contributed by atoms with Gasteiger partial charge in [-0.15, -0.1) is 0 Å². The van der Waals surface area contributed by atoms with Crippen molar-refractivity contribution in [3.63, 3.8) is 0 Å². The molecule has 9 rings (SSSR count). The maximum absolute atomic E-state index is 6.51. The lowest BCUT2D eigenvalue weighted by Gasteiger charge is -2.28. The third-order valence-corrected chi connectivity index (χ3v) is 10.3. The van der Waals surface area contributed by atoms with Crippen molar-refractivity contribution in [2.75, 3.05) is 4.90 Å². The van der Waals surface area contributed by atoms with Crippen LogP contribution in [-0.4, -0.2) is 0 Å². The van der Waals surface area contributed by atoms with E-state index in [1.165, 1.54) is 49.9 Å². The highest BCUT2D eigenvalue weighted by Crippen LogP contribution is 2.52. The average Bonchev–Trinajstić information content (AvgIpc) is 3.60. The van der Waals surface area contributed by atoms with Crippen LogP contribution in [0.1, 0.15) is 49.9 Å². The molecular weight excluding hydrogens is 534 g/mol. The lowest BCUT2D eigenvalue weighted by atomic mass is 9.82. The van der Waals surface area contributed by atoms with E-state index in [-0.39, 0.29) is 10.8 Å². The van der Waals surface area contributed by atoms with Gasteiger partial charge in [0.1, 0.15) is 11.2 Å². The third-order valence-electron chi connectivity index (χ3n) is 10.3. The first kappa shape index (κ1) is 25.4. The first-order valence-electron chi connectivity index (χ1n) is 15.5. The summed E-state index contributed by atoms with van der Waals surface area (Å²) in [5.41, 5.74) is 15.9. The van der Waals surface area contributed by atoms with Gasteiger partial charge in [-0.3, -0.25) is 0 Å². The summed E-state index contributed by atoms with van der Waals surface area (Å²) in [5.74, 6) is 0. The Hall–Kier alpha value is -5.08. The van der Waals surface area contributed by atoms with E-state index < -0.39 is 0 Å². The van der Waals surface area contributed by atoms with Crippen molar-refractivity contribution < 1.29 is 4.42 Å². The molecule has 7 aromatic rings. The highest BCUT2D eigenvalue weighted by atomic mass is 16.3. The molecule has 2 aliphatic rings. The summed E-state index contributed by atoms with van der Waals surface area (Å²) in [6.45, 7) is 9.36. The Morgan fingerprint density at radius 1 is 0.409 bits per heavy atom. The Bertz CT molecular complexity index is 2290. The van der Waals surface area contributed by atoms with Crippen LogP contribution in [0.15, 0.2) is 132 Å². The molecule has 0 aliphatic heterocycles. The third kappa shape index (κ3) is 3.37. The second kappa shape index (κ2) is 8.74. The summed E-state index contributed by atoms with van der Waals surface area (Å²) in [6.07, 6.45) is 0. The Labute approximate surface area is 258 Å². The van der Waals surface area contributed by atoms with Gasteiger partial charge in [0.2, 0.25) is 0 Å². The SMILES string of the molecule is CC1(C)c2ccccc2-c2ccc(N(c3ccccc3)c3ccc4oc5cc6c(cc5c4c3)C(C)(C)c3ccccc3-6)cc21. The van der Waals surface area contributed by atoms with Crippen LogP contribution in [0.2, 0.25) is 0 Å². The van der Waals surface area contributed by atoms with E-state index >= 15 is 0 Å². The number of anilines is 3. The standard InChI is InChI=1S/C42H33NO/c1-41(2)35-16-10-8-14-29(35)31-20-18-28(23-37(31)41)43(26-12-6-5-7-13-26)27-19-21-39-33(22-27)34-24-38-32(25-40(34)44-39)30-15-9-11-17-36(30)42(38,3)4/h5-25H,1-4H3. The van der Waals surface area contributed by atoms with Crippen LogP contribution < -0.4 is 4.90 Å². The van der Waals surface area contributed by atoms with E-state index in [2.05, 4.69) is 160 Å². The molecule has 0 amide bonds. The summed E-state index contributed by atoms with van der Waals surface area (Å²) >= 11 is 0. The maximum Gasteiger partial charge on any atom is 0.136 e. The zero-order valence-electron chi connectivity index (χ0n) is 25.5. The number of rotatable bonds is 3. The number of fused-ring (bicyclic) bond motifs is 9. The lowest BCUT2D eigenvalue weighted by molar-refractivity contribution is 0.658. The first-order chi connectivity index (χ1) is 21.3. The fourth-order valence-corrected chi connectivity index (χ4v) is 7.95. The zero-order valence-corrected chi connectivity index (χ0v) is 25.5. The Kier molecular flexibility index (Phi) is 5.05. The van der Waals surface area contributed by atoms with Crippen molar-refractivity contribution >= 4 is 39.0 Å². The molecule has 44 heavy (non-hydrogen) atoms. The van der Waals surface area contributed by atoms with Gasteiger partial charge in [-0.2, -0.15) is 0 Å². The summed E-state index contributed by atoms with van der Waals surface area (Å²) in [6, 6.07) is 46.6. The van der Waals surface area contributed by atoms with Crippen LogP contribution in [0.4, 0.5) is 17.1 Å². The minimum Gasteiger partial charge on any atom is -0.456 e. The van der Waals surface area contributed by atoms with Gasteiger partial charge in [0.25, 0.3) is 0 Å². The van der Waals surface area contributed by atoms with E-state index in [4.69, 9.17) is 4.42 Å². The van der Waals surface area contributed by atoms with Crippen LogP contribution in [0.3, 0.4) is 0 Å². The zero-order chi connectivity index (χ0) is 29.8. The highest BCUT2D eigenvalue weighted by Gasteiger charge is 2.37. The van der Waals surface area contributed by atoms with Crippen molar-refractivity contribution in [3.05, 3.63) is 150 Å². The van der Waals surface area contributed by atoms with Crippen molar-refractivity contribution in [2.24, 2.45) is 0 Å². The Morgan fingerprint density at radius 2 is 0.955 bits per heavy atom. The number of nitrogens with zero attached hydrogens (tertiary/aromatic N) is 1. The second-order valence-electron chi connectivity index (χ2n) is 13.4. The normalized spacial score (nSPS) is 15.2. The maximum atomic E-state index is 6.51. The summed E-state index contributed by atoms with van der Waals surface area (Å²) in [7, 11) is 0. The second-order valence-corrected chi connectivity index (χ2v) is 13.4. The molecular formula is C42H33NO. The Morgan fingerprint density at radius 3 is 1.68 bits per heavy atom. The molecule has 0 saturated heterocycles. The quantitative estimate of drug-likeness (QED) is 0.211. The van der Waals surface area contributed by atoms with E-state index in [1.54, 1.807) is 0 Å². The van der Waals surface area contributed by atoms with Crippen molar-refractivity contribution in [1.82, 2.24) is 0 Å². The molecule has 0 fully saturated rings. The van der Waals surface area contributed by atoms with Crippen LogP contribution in [0.5, 0.6) is 0 Å². The molecule has 0 atom stereocenters. The fourth-order valence-electron chi connectivity index (χ4n) is 7.95. The number of hydrogen-bond donors (Lipinski definition) is 0. The van der Waals surface area contributed by atoms with E-state index in [9.17, 15) is 0 Å². The highest BCUT2D eigenvalue weighted by molar-refractivity contribution is 6.09. The van der Waals surface area contributed by atoms with Gasteiger partial charge in [-0.1, -0.05) is 100 Å². The van der Waals surface area contributed by atoms with Gasteiger partial charge in [0.05, 0.1) is 0 Å². The Balaban J connectivity index is 1.23. The van der Waals surface area contributed by atoms with Gasteiger partial charge in [-0.05, 0) is 99.1 Å². The van der Waals surface area contributed by atoms with E-state index in [0.29, 0.717) is 0 Å². The molecule has 2 aliphatic carbocycles. The predicted octanol–water partition coefficient (Wildman–Crippen LogP) is 11.7. The summed E-state index contributed by atoms with van der Waals surface area (Å²) < 4.78 is 6.51. The molecule has 0 N–H and O–H groups in total. The van der Waals surface area contributed by atoms with Gasteiger partial charge in [0.15, 0.2) is 0 Å². The van der Waals surface area contributed by atoms with Crippen LogP contribution in [0, 0.1) is 0 Å². The smallest absolute Gasteiger partial charge is 0.136 e. The summed E-state index contributed by atoms with van der Waals surface area (Å²) in [5, 5.41) is 2.31. The number of furan rings is 1. The van der Waals surface area contributed by atoms with Gasteiger partial charge < -0.3 is 9.32 Å². The van der Waals surface area contributed by atoms with Crippen molar-refractivity contribution in [3.8, 4) is 22.3 Å². The van der Waals surface area contributed by atoms with E-state index in [0.717, 1.165) is 33.6 Å². The fraction of sp³-hybridized carbons (Fsp3) is 0.143. The molecule has 0 unspecified atom stereocenters. The molecule has 1 aromatic heterocycles. The molecule has 6 aromatic carbocycles. The first-order valence-corrected chi connectivity index (χ1v) is 15.5. The molecule has 1 heterocycles. The molecule has 0 spiro atoms. The predicted molar refractivity (Wildman–Crippen MR) is 184 cm³/mol. The largest absolute Gasteiger partial charge is 0.456 e. The minimum atomic E-state index is -0.0697. The number of benzene rings is 6. The van der Waals surface area contributed by atoms with Crippen LogP contribution >= 0.6 is 0 Å². The molecule has 2 heteroatoms. The molecule has 2 nitrogen and oxygen atoms in total. The number of hydrogen-bond acceptors (Lipinski definition) is 2. The van der Waals surface area contributed by atoms with Gasteiger partial charge in [0, 0.05) is 38.7 Å². The molecule has 0 bridgehead atoms.